The summed E-state index contributed by atoms with van der Waals surface area (Å²) in [6.45, 7) is 54.3. The molecule has 576 valence electrons. The molecule has 0 aliphatic heterocycles. The zero-order valence-electron chi connectivity index (χ0n) is 73.6. The van der Waals surface area contributed by atoms with Gasteiger partial charge in [-0.1, -0.05) is 152 Å². The zero-order valence-corrected chi connectivity index (χ0v) is 73.6. The van der Waals surface area contributed by atoms with Gasteiger partial charge in [-0.25, -0.2) is 18.3 Å². The van der Waals surface area contributed by atoms with E-state index in [9.17, 15) is 0 Å². The molecule has 0 amide bonds. The van der Waals surface area contributed by atoms with Gasteiger partial charge in [-0.15, -0.1) is 0 Å². The molecule has 16 rings (SSSR count). The molecule has 4 aromatic heterocycles. The van der Waals surface area contributed by atoms with Crippen molar-refractivity contribution in [1.29, 1.82) is 0 Å². The van der Waals surface area contributed by atoms with Crippen molar-refractivity contribution in [2.24, 2.45) is 51.9 Å². The van der Waals surface area contributed by atoms with Gasteiger partial charge >= 0.3 is 0 Å². The van der Waals surface area contributed by atoms with E-state index in [1.165, 1.54) is 240 Å². The molecule has 4 aliphatic rings. The van der Waals surface area contributed by atoms with Crippen LogP contribution >= 0.6 is 0 Å². The lowest BCUT2D eigenvalue weighted by Crippen LogP contribution is -2.32. The van der Waals surface area contributed by atoms with Crippen molar-refractivity contribution in [3.8, 4) is 89.5 Å². The Morgan fingerprint density at radius 1 is 0.232 bits per heavy atom. The van der Waals surface area contributed by atoms with Crippen molar-refractivity contribution in [2.45, 2.75) is 218 Å². The molecule has 0 unspecified atom stereocenters. The summed E-state index contributed by atoms with van der Waals surface area (Å²) < 4.78 is 9.21. The number of fused-ring (bicyclic) bond motifs is 12. The number of aromatic nitrogens is 4. The molecule has 0 radical (unpaired) electrons. The zero-order chi connectivity index (χ0) is 80.6. The number of pyridine rings is 4. The molecular formula is C108H128N4+4. The van der Waals surface area contributed by atoms with Gasteiger partial charge in [0.25, 0.3) is 0 Å². The maximum atomic E-state index is 2.45. The fourth-order valence-corrected chi connectivity index (χ4v) is 19.8. The first-order valence-corrected chi connectivity index (χ1v) is 41.9. The third-order valence-electron chi connectivity index (χ3n) is 25.2. The van der Waals surface area contributed by atoms with Gasteiger partial charge in [0.05, 0.1) is 22.3 Å². The second-order valence-corrected chi connectivity index (χ2v) is 36.5. The smallest absolute Gasteiger partial charge is 0.201 e. The quantitative estimate of drug-likeness (QED) is 0.108. The normalized spacial score (nSPS) is 12.4. The maximum Gasteiger partial charge on any atom is 0.213 e. The predicted octanol–water partition coefficient (Wildman–Crippen LogP) is 24.7. The van der Waals surface area contributed by atoms with Crippen LogP contribution < -0.4 is 18.3 Å². The van der Waals surface area contributed by atoms with E-state index in [2.05, 4.69) is 359 Å². The Kier molecular flexibility index (Phi) is 23.0. The molecule has 4 heterocycles. The van der Waals surface area contributed by atoms with Gasteiger partial charge in [-0.3, -0.25) is 0 Å². The van der Waals surface area contributed by atoms with Crippen molar-refractivity contribution < 1.29 is 18.3 Å². The monoisotopic (exact) mass is 1480 g/mol. The molecule has 4 nitrogen and oxygen atoms in total. The number of benzene rings is 8. The highest BCUT2D eigenvalue weighted by Crippen LogP contribution is 2.51. The van der Waals surface area contributed by atoms with Gasteiger partial charge in [0.15, 0.2) is 24.8 Å². The molecule has 0 N–H and O–H groups in total. The van der Waals surface area contributed by atoms with Crippen LogP contribution in [0.1, 0.15) is 211 Å². The number of hydrogen-bond donors (Lipinski definition) is 0. The van der Waals surface area contributed by atoms with Gasteiger partial charge in [0, 0.05) is 46.5 Å². The van der Waals surface area contributed by atoms with Crippen LogP contribution in [0.2, 0.25) is 0 Å². The van der Waals surface area contributed by atoms with Crippen molar-refractivity contribution in [2.75, 3.05) is 0 Å². The van der Waals surface area contributed by atoms with Crippen LogP contribution in [0.5, 0.6) is 0 Å². The number of rotatable bonds is 12. The molecule has 4 heteroatoms. The van der Waals surface area contributed by atoms with E-state index in [0.29, 0.717) is 23.7 Å². The van der Waals surface area contributed by atoms with E-state index >= 15 is 0 Å². The largest absolute Gasteiger partial charge is 0.213 e. The summed E-state index contributed by atoms with van der Waals surface area (Å²) in [7, 11) is 8.71. The summed E-state index contributed by atoms with van der Waals surface area (Å²) in [5, 5.41) is 0. The fourth-order valence-electron chi connectivity index (χ4n) is 19.8. The summed E-state index contributed by atoms with van der Waals surface area (Å²) in [5.41, 5.74) is 62.7. The summed E-state index contributed by atoms with van der Waals surface area (Å²) >= 11 is 0. The summed E-state index contributed by atoms with van der Waals surface area (Å²) in [6, 6.07) is 47.1. The van der Waals surface area contributed by atoms with Gasteiger partial charge in [-0.2, -0.15) is 0 Å². The van der Waals surface area contributed by atoms with E-state index in [4.69, 9.17) is 0 Å². The second kappa shape index (κ2) is 32.1. The molecule has 0 saturated carbocycles. The highest BCUT2D eigenvalue weighted by molar-refractivity contribution is 5.92. The van der Waals surface area contributed by atoms with Crippen LogP contribution in [-0.2, 0) is 79.6 Å². The fraction of sp³-hybridized carbons (Fsp3) is 0.370. The van der Waals surface area contributed by atoms with Crippen LogP contribution in [0.4, 0.5) is 0 Å². The molecule has 0 bridgehead atoms. The lowest BCUT2D eigenvalue weighted by molar-refractivity contribution is -0.660. The topological polar surface area (TPSA) is 15.5 Å². The third kappa shape index (κ3) is 15.6. The molecule has 0 spiro atoms. The van der Waals surface area contributed by atoms with Crippen LogP contribution in [0, 0.1) is 134 Å². The second-order valence-electron chi connectivity index (χ2n) is 36.5. The average molecular weight is 1480 g/mol. The van der Waals surface area contributed by atoms with Crippen LogP contribution in [-0.4, -0.2) is 0 Å². The third-order valence-corrected chi connectivity index (χ3v) is 25.2. The first kappa shape index (κ1) is 80.4. The van der Waals surface area contributed by atoms with Crippen LogP contribution in [0.15, 0.2) is 146 Å². The molecule has 12 aromatic rings. The van der Waals surface area contributed by atoms with Gasteiger partial charge in [0.1, 0.15) is 28.2 Å². The molecular weight excluding hydrogens is 1350 g/mol. The molecule has 4 aliphatic carbocycles. The van der Waals surface area contributed by atoms with Crippen molar-refractivity contribution >= 4 is 0 Å². The first-order chi connectivity index (χ1) is 53.1. The Bertz CT molecular complexity index is 5740. The van der Waals surface area contributed by atoms with E-state index in [0.717, 1.165) is 51.4 Å². The van der Waals surface area contributed by atoms with E-state index in [1.807, 2.05) is 0 Å². The standard InChI is InChI=1S/4C27H32N/c1-16(2)10-21-8-9-23-22(13-21)14-24-26(23)18(4)11-19(5)27(24)25-12-17(3)20(6)15-28(25)7;1-16(2)10-21-8-9-22-14-24-26(23(22)13-21)18(4)11-19(5)27(24)25-12-17(3)20(6)15-28(25)7;1-16(2)11-21-9-8-10-22-23(21)14-24-26(22)18(4)12-19(5)27(24)25-13-17(3)20(6)15-28(25)7;1-16(2)11-21-9-8-10-22-14-23-25(18(4)12-19(5)26(23)27(21)22)24-13-17(3)20(6)15-28(24)7/h2*8-9,11-13,15-16H,10,14H2,1-7H3;2*8-10,12-13,15-16H,11,14H2,1-7H3/q4*+1. The van der Waals surface area contributed by atoms with Crippen LogP contribution in [0.25, 0.3) is 89.5 Å². The van der Waals surface area contributed by atoms with Crippen molar-refractivity contribution in [1.82, 2.24) is 0 Å². The minimum absolute atomic E-state index is 0.665. The lowest BCUT2D eigenvalue weighted by atomic mass is 9.88. The SMILES string of the molecule is Cc1cc(-c2c(C)cc(C)c3c2Cc2c(CC(C)C)cccc2-3)[n+](C)cc1C.Cc1cc(-c2c(C)cc(C)c3c2Cc2cc(CC(C)C)ccc2-3)[n+](C)cc1C.Cc1cc(-c2c(C)cc(C)c3c2Cc2ccc(CC(C)C)cc2-3)[n+](C)cc1C.Cc1cc(-c2c(C)cc(C)c3c2Cc2cccc(CC(C)C)c2-3)[n+](C)cc1C. The van der Waals surface area contributed by atoms with Gasteiger partial charge < -0.3 is 0 Å². The number of hydrogen-bond acceptors (Lipinski definition) is 0. The molecule has 112 heavy (non-hydrogen) atoms. The highest BCUT2D eigenvalue weighted by Gasteiger charge is 2.35. The van der Waals surface area contributed by atoms with E-state index < -0.39 is 0 Å². The minimum atomic E-state index is 0.665. The minimum Gasteiger partial charge on any atom is -0.201 e. The predicted molar refractivity (Wildman–Crippen MR) is 475 cm³/mol. The highest BCUT2D eigenvalue weighted by atomic mass is 14.9. The van der Waals surface area contributed by atoms with E-state index in [-0.39, 0.29) is 0 Å². The Morgan fingerprint density at radius 3 is 1.00 bits per heavy atom. The Balaban J connectivity index is 0.000000131. The van der Waals surface area contributed by atoms with Gasteiger partial charge in [-0.05, 0) is 364 Å². The Morgan fingerprint density at radius 2 is 0.562 bits per heavy atom. The molecule has 8 aromatic carbocycles. The number of nitrogens with zero attached hydrogens (tertiary/aromatic N) is 4. The average Bonchev–Trinajstić information content (AvgIpc) is 1.58. The molecule has 0 atom stereocenters. The maximum absolute atomic E-state index is 2.45. The summed E-state index contributed by atoms with van der Waals surface area (Å²) in [6.07, 6.45) is 17.8. The Hall–Kier alpha value is -9.64. The molecule has 0 fully saturated rings. The van der Waals surface area contributed by atoms with Crippen molar-refractivity contribution in [3.05, 3.63) is 302 Å². The summed E-state index contributed by atoms with van der Waals surface area (Å²) in [5.74, 6) is 2.72. The summed E-state index contributed by atoms with van der Waals surface area (Å²) in [4.78, 5) is 0. The van der Waals surface area contributed by atoms with Crippen molar-refractivity contribution in [3.63, 3.8) is 0 Å². The lowest BCUT2D eigenvalue weighted by Gasteiger charge is -2.16. The number of aryl methyl sites for hydroxylation is 20. The Labute approximate surface area is 674 Å². The van der Waals surface area contributed by atoms with Crippen LogP contribution in [0.3, 0.4) is 0 Å². The van der Waals surface area contributed by atoms with Gasteiger partial charge in [0.2, 0.25) is 22.8 Å². The molecule has 0 saturated heterocycles. The first-order valence-electron chi connectivity index (χ1n) is 41.9. The van der Waals surface area contributed by atoms with E-state index in [1.54, 1.807) is 5.56 Å².